The average Bonchev–Trinajstić information content (AvgIpc) is 2.61. The Morgan fingerprint density at radius 1 is 1.04 bits per heavy atom. The van der Waals surface area contributed by atoms with Crippen molar-refractivity contribution in [2.45, 2.75) is 6.92 Å². The smallest absolute Gasteiger partial charge is 0.249 e. The molecule has 0 fully saturated rings. The summed E-state index contributed by atoms with van der Waals surface area (Å²) in [6.07, 6.45) is 5.07. The van der Waals surface area contributed by atoms with Gasteiger partial charge in [-0.25, -0.2) is 0 Å². The van der Waals surface area contributed by atoms with Gasteiger partial charge in [0.2, 0.25) is 5.91 Å². The van der Waals surface area contributed by atoms with Crippen LogP contribution in [0.4, 0.5) is 0 Å². The number of carbonyl (C=O) groups is 1. The Labute approximate surface area is 140 Å². The summed E-state index contributed by atoms with van der Waals surface area (Å²) in [7, 11) is 0. The highest BCUT2D eigenvalue weighted by Gasteiger charge is 2.16. The summed E-state index contributed by atoms with van der Waals surface area (Å²) in [4.78, 5) is 20.3. The van der Waals surface area contributed by atoms with Crippen molar-refractivity contribution in [3.63, 3.8) is 0 Å². The first-order chi connectivity index (χ1) is 11.7. The number of hydrogen-bond acceptors (Lipinski definition) is 3. The summed E-state index contributed by atoms with van der Waals surface area (Å²) in [6.45, 7) is 1.95. The predicted molar refractivity (Wildman–Crippen MR) is 93.1 cm³/mol. The van der Waals surface area contributed by atoms with Gasteiger partial charge in [-0.15, -0.1) is 0 Å². The van der Waals surface area contributed by atoms with Crippen LogP contribution in [0.15, 0.2) is 61.1 Å². The molecule has 24 heavy (non-hydrogen) atoms. The molecule has 116 valence electrons. The van der Waals surface area contributed by atoms with E-state index in [1.165, 1.54) is 0 Å². The number of rotatable bonds is 2. The summed E-state index contributed by atoms with van der Waals surface area (Å²) in [6, 6.07) is 12.8. The molecule has 0 saturated heterocycles. The number of nitrogens with zero attached hydrogens (tertiary/aromatic N) is 2. The largest absolute Gasteiger partial charge is 0.366 e. The molecule has 2 N–H and O–H groups in total. The fraction of sp³-hybridized carbons (Fsp3) is 0.0500. The highest BCUT2D eigenvalue weighted by atomic mass is 16.1. The quantitative estimate of drug-likeness (QED) is 0.740. The third-order valence-corrected chi connectivity index (χ3v) is 3.59. The van der Waals surface area contributed by atoms with Gasteiger partial charge in [0.15, 0.2) is 0 Å². The molecule has 0 aliphatic heterocycles. The number of primary amides is 1. The molecular formula is C20H15N3O. The number of benzene rings is 1. The van der Waals surface area contributed by atoms with Crippen LogP contribution >= 0.6 is 0 Å². The zero-order valence-corrected chi connectivity index (χ0v) is 13.2. The van der Waals surface area contributed by atoms with Crippen LogP contribution in [0.5, 0.6) is 0 Å². The van der Waals surface area contributed by atoms with Crippen molar-refractivity contribution in [3.05, 3.63) is 83.3 Å². The van der Waals surface area contributed by atoms with Gasteiger partial charge >= 0.3 is 0 Å². The number of pyridine rings is 2. The van der Waals surface area contributed by atoms with Crippen molar-refractivity contribution in [1.82, 2.24) is 9.97 Å². The van der Waals surface area contributed by atoms with Crippen LogP contribution in [-0.2, 0) is 0 Å². The Morgan fingerprint density at radius 2 is 1.92 bits per heavy atom. The van der Waals surface area contributed by atoms with Gasteiger partial charge in [0, 0.05) is 40.8 Å². The van der Waals surface area contributed by atoms with Gasteiger partial charge in [-0.2, -0.15) is 0 Å². The predicted octanol–water partition coefficient (Wildman–Crippen LogP) is 2.95. The molecule has 0 atom stereocenters. The van der Waals surface area contributed by atoms with Gasteiger partial charge in [0.1, 0.15) is 0 Å². The Morgan fingerprint density at radius 3 is 2.58 bits per heavy atom. The van der Waals surface area contributed by atoms with E-state index in [4.69, 9.17) is 5.73 Å². The maximum absolute atomic E-state index is 11.9. The van der Waals surface area contributed by atoms with Crippen molar-refractivity contribution in [1.29, 1.82) is 0 Å². The molecule has 4 nitrogen and oxygen atoms in total. The van der Waals surface area contributed by atoms with Crippen LogP contribution in [0.3, 0.4) is 0 Å². The number of nitrogens with two attached hydrogens (primary N) is 1. The zero-order chi connectivity index (χ0) is 16.9. The summed E-state index contributed by atoms with van der Waals surface area (Å²) < 4.78 is 0. The van der Waals surface area contributed by atoms with E-state index in [1.807, 2.05) is 43.3 Å². The summed E-state index contributed by atoms with van der Waals surface area (Å²) in [5.41, 5.74) is 9.80. The standard InChI is InChI=1S/C20H15N3O/c1-14-7-9-17(20(21)24)19(18-6-2-3-12-23-18)16(14)10-8-15-5-4-11-22-13-15/h2-7,9,11-13H,1H3,(H2,21,24). The van der Waals surface area contributed by atoms with Gasteiger partial charge in [0.05, 0.1) is 5.69 Å². The van der Waals surface area contributed by atoms with Gasteiger partial charge < -0.3 is 5.73 Å². The second-order valence-electron chi connectivity index (χ2n) is 5.25. The molecule has 3 aromatic rings. The minimum absolute atomic E-state index is 0.412. The molecule has 3 rings (SSSR count). The fourth-order valence-electron chi connectivity index (χ4n) is 2.42. The molecule has 0 bridgehead atoms. The molecule has 2 heterocycles. The third-order valence-electron chi connectivity index (χ3n) is 3.59. The lowest BCUT2D eigenvalue weighted by molar-refractivity contribution is 0.100. The third kappa shape index (κ3) is 3.16. The van der Waals surface area contributed by atoms with E-state index in [2.05, 4.69) is 21.8 Å². The maximum atomic E-state index is 11.9. The van der Waals surface area contributed by atoms with E-state index < -0.39 is 5.91 Å². The second kappa shape index (κ2) is 6.76. The number of aryl methyl sites for hydroxylation is 1. The molecule has 0 radical (unpaired) electrons. The molecule has 0 unspecified atom stereocenters. The maximum Gasteiger partial charge on any atom is 0.249 e. The van der Waals surface area contributed by atoms with Crippen molar-refractivity contribution in [3.8, 4) is 23.1 Å². The van der Waals surface area contributed by atoms with Gasteiger partial charge in [0.25, 0.3) is 0 Å². The Bertz CT molecular complexity index is 939. The van der Waals surface area contributed by atoms with Crippen LogP contribution in [-0.4, -0.2) is 15.9 Å². The Kier molecular flexibility index (Phi) is 4.35. The lowest BCUT2D eigenvalue weighted by Gasteiger charge is -2.11. The molecule has 1 aromatic carbocycles. The van der Waals surface area contributed by atoms with Crippen LogP contribution < -0.4 is 5.73 Å². The van der Waals surface area contributed by atoms with E-state index in [1.54, 1.807) is 24.7 Å². The number of carbonyl (C=O) groups excluding carboxylic acids is 1. The van der Waals surface area contributed by atoms with E-state index in [0.717, 1.165) is 16.7 Å². The summed E-state index contributed by atoms with van der Waals surface area (Å²) in [5.74, 6) is 5.74. The van der Waals surface area contributed by atoms with Crippen molar-refractivity contribution >= 4 is 5.91 Å². The lowest BCUT2D eigenvalue weighted by atomic mass is 9.93. The van der Waals surface area contributed by atoms with Gasteiger partial charge in [-0.05, 0) is 42.8 Å². The first-order valence-corrected chi connectivity index (χ1v) is 7.43. The van der Waals surface area contributed by atoms with Crippen molar-refractivity contribution in [2.75, 3.05) is 0 Å². The van der Waals surface area contributed by atoms with Crippen molar-refractivity contribution < 1.29 is 4.79 Å². The monoisotopic (exact) mass is 313 g/mol. The average molecular weight is 313 g/mol. The minimum atomic E-state index is -0.500. The highest BCUT2D eigenvalue weighted by molar-refractivity contribution is 6.01. The second-order valence-corrected chi connectivity index (χ2v) is 5.25. The topological polar surface area (TPSA) is 68.9 Å². The molecule has 1 amide bonds. The molecular weight excluding hydrogens is 298 g/mol. The summed E-state index contributed by atoms with van der Waals surface area (Å²) >= 11 is 0. The summed E-state index contributed by atoms with van der Waals surface area (Å²) in [5, 5.41) is 0. The molecule has 0 aliphatic carbocycles. The van der Waals surface area contributed by atoms with E-state index in [9.17, 15) is 4.79 Å². The van der Waals surface area contributed by atoms with Crippen LogP contribution in [0.25, 0.3) is 11.3 Å². The number of amides is 1. The zero-order valence-electron chi connectivity index (χ0n) is 13.2. The van der Waals surface area contributed by atoms with Crippen LogP contribution in [0, 0.1) is 18.8 Å². The highest BCUT2D eigenvalue weighted by Crippen LogP contribution is 2.28. The van der Waals surface area contributed by atoms with E-state index in [0.29, 0.717) is 16.8 Å². The van der Waals surface area contributed by atoms with Crippen LogP contribution in [0.1, 0.15) is 27.0 Å². The molecule has 2 aromatic heterocycles. The van der Waals surface area contributed by atoms with Gasteiger partial charge in [-0.1, -0.05) is 24.0 Å². The minimum Gasteiger partial charge on any atom is -0.366 e. The fourth-order valence-corrected chi connectivity index (χ4v) is 2.42. The Hall–Kier alpha value is -3.45. The van der Waals surface area contributed by atoms with Crippen molar-refractivity contribution in [2.24, 2.45) is 5.73 Å². The molecule has 0 spiro atoms. The molecule has 4 heteroatoms. The first-order valence-electron chi connectivity index (χ1n) is 7.43. The SMILES string of the molecule is Cc1ccc(C(N)=O)c(-c2ccccn2)c1C#Cc1cccnc1. The molecule has 0 saturated carbocycles. The lowest BCUT2D eigenvalue weighted by Crippen LogP contribution is -2.14. The number of hydrogen-bond donors (Lipinski definition) is 1. The van der Waals surface area contributed by atoms with E-state index in [-0.39, 0.29) is 0 Å². The van der Waals surface area contributed by atoms with Crippen LogP contribution in [0.2, 0.25) is 0 Å². The number of aromatic nitrogens is 2. The Balaban J connectivity index is 2.24. The molecule has 0 aliphatic rings. The first kappa shape index (κ1) is 15.4. The van der Waals surface area contributed by atoms with E-state index >= 15 is 0 Å². The van der Waals surface area contributed by atoms with Gasteiger partial charge in [-0.3, -0.25) is 14.8 Å². The normalized spacial score (nSPS) is 9.88.